The van der Waals surface area contributed by atoms with Crippen LogP contribution >= 0.6 is 0 Å². The SMILES string of the molecule is C[N+](C)(C)CCCCCCCCCCNC[SiH3]. The average molecular weight is 260 g/mol. The van der Waals surface area contributed by atoms with Crippen LogP contribution in [0, 0.1) is 0 Å². The highest BCUT2D eigenvalue weighted by Crippen LogP contribution is 2.09. The number of nitrogens with one attached hydrogen (secondary N) is 1. The maximum Gasteiger partial charge on any atom is 0.0780 e. The van der Waals surface area contributed by atoms with Crippen LogP contribution in [0.1, 0.15) is 51.4 Å². The summed E-state index contributed by atoms with van der Waals surface area (Å²) in [6.07, 6.45) is 12.7. The second-order valence-electron chi connectivity index (χ2n) is 6.20. The summed E-state index contributed by atoms with van der Waals surface area (Å²) in [5.74, 6) is 0. The number of nitrogens with zero attached hydrogens (tertiary/aromatic N) is 1. The van der Waals surface area contributed by atoms with E-state index in [0.717, 1.165) is 4.48 Å². The summed E-state index contributed by atoms with van der Waals surface area (Å²) >= 11 is 0. The van der Waals surface area contributed by atoms with Gasteiger partial charge in [0.05, 0.1) is 27.7 Å². The van der Waals surface area contributed by atoms with Crippen LogP contribution in [0.2, 0.25) is 0 Å². The predicted octanol–water partition coefficient (Wildman–Crippen LogP) is 1.73. The monoisotopic (exact) mass is 259 g/mol. The van der Waals surface area contributed by atoms with E-state index < -0.39 is 0 Å². The van der Waals surface area contributed by atoms with Crippen molar-refractivity contribution < 1.29 is 4.48 Å². The van der Waals surface area contributed by atoms with Gasteiger partial charge in [0, 0.05) is 10.2 Å². The molecule has 0 saturated carbocycles. The minimum atomic E-state index is 1.12. The van der Waals surface area contributed by atoms with Gasteiger partial charge in [0.1, 0.15) is 0 Å². The van der Waals surface area contributed by atoms with Crippen LogP contribution in [0.25, 0.3) is 0 Å². The molecule has 0 aliphatic rings. The van der Waals surface area contributed by atoms with E-state index in [1.807, 2.05) is 0 Å². The van der Waals surface area contributed by atoms with Crippen LogP contribution in [0.3, 0.4) is 0 Å². The molecule has 2 nitrogen and oxygen atoms in total. The fraction of sp³-hybridized carbons (Fsp3) is 1.00. The molecule has 0 atom stereocenters. The summed E-state index contributed by atoms with van der Waals surface area (Å²) < 4.78 is 1.12. The van der Waals surface area contributed by atoms with Crippen molar-refractivity contribution in [1.82, 2.24) is 5.32 Å². The van der Waals surface area contributed by atoms with Gasteiger partial charge in [0.2, 0.25) is 0 Å². The second-order valence-corrected chi connectivity index (χ2v) is 6.90. The van der Waals surface area contributed by atoms with Crippen LogP contribution in [0.5, 0.6) is 0 Å². The Morgan fingerprint density at radius 3 is 1.71 bits per heavy atom. The summed E-state index contributed by atoms with van der Waals surface area (Å²) in [5, 5.41) is 3.44. The van der Waals surface area contributed by atoms with Gasteiger partial charge in [-0.15, -0.1) is 0 Å². The third-order valence-electron chi connectivity index (χ3n) is 3.18. The molecule has 17 heavy (non-hydrogen) atoms. The molecule has 3 heteroatoms. The molecular formula is C14H35N2Si+. The first-order valence-electron chi connectivity index (χ1n) is 7.57. The Balaban J connectivity index is 2.99. The molecule has 0 aromatic carbocycles. The number of unbranched alkanes of at least 4 members (excludes halogenated alkanes) is 7. The molecule has 0 aliphatic heterocycles. The van der Waals surface area contributed by atoms with Crippen molar-refractivity contribution >= 4 is 10.2 Å². The Kier molecular flexibility index (Phi) is 11.3. The van der Waals surface area contributed by atoms with Crippen molar-refractivity contribution in [1.29, 1.82) is 0 Å². The Labute approximate surface area is 112 Å². The molecule has 0 bridgehead atoms. The Morgan fingerprint density at radius 2 is 1.24 bits per heavy atom. The lowest BCUT2D eigenvalue weighted by molar-refractivity contribution is -0.870. The van der Waals surface area contributed by atoms with Crippen molar-refractivity contribution in [3.8, 4) is 0 Å². The smallest absolute Gasteiger partial charge is 0.0780 e. The topological polar surface area (TPSA) is 12.0 Å². The molecule has 0 aromatic heterocycles. The van der Waals surface area contributed by atoms with Crippen molar-refractivity contribution in [2.24, 2.45) is 0 Å². The molecule has 104 valence electrons. The summed E-state index contributed by atoms with van der Waals surface area (Å²) in [4.78, 5) is 0. The second kappa shape index (κ2) is 11.2. The molecule has 0 fully saturated rings. The molecule has 1 N–H and O–H groups in total. The molecule has 0 saturated heterocycles. The van der Waals surface area contributed by atoms with E-state index >= 15 is 0 Å². The number of rotatable bonds is 12. The van der Waals surface area contributed by atoms with E-state index in [1.54, 1.807) is 0 Å². The van der Waals surface area contributed by atoms with Gasteiger partial charge in [-0.1, -0.05) is 32.1 Å². The fourth-order valence-corrected chi connectivity index (χ4v) is 2.43. The Hall–Kier alpha value is 0.137. The lowest BCUT2D eigenvalue weighted by Gasteiger charge is -2.23. The van der Waals surface area contributed by atoms with E-state index in [1.165, 1.54) is 80.9 Å². The molecule has 0 rings (SSSR count). The molecule has 0 aliphatic carbocycles. The van der Waals surface area contributed by atoms with Crippen LogP contribution in [0.4, 0.5) is 0 Å². The van der Waals surface area contributed by atoms with Gasteiger partial charge in [-0.25, -0.2) is 0 Å². The fourth-order valence-electron chi connectivity index (χ4n) is 2.07. The zero-order valence-electron chi connectivity index (χ0n) is 12.7. The summed E-state index contributed by atoms with van der Waals surface area (Å²) in [7, 11) is 8.15. The first-order valence-corrected chi connectivity index (χ1v) is 8.99. The average Bonchev–Trinajstić information content (AvgIpc) is 2.24. The molecule has 0 heterocycles. The molecule has 0 amide bonds. The minimum absolute atomic E-state index is 1.12. The van der Waals surface area contributed by atoms with Gasteiger partial charge >= 0.3 is 0 Å². The summed E-state index contributed by atoms with van der Waals surface area (Å²) in [6, 6.07) is 0. The highest BCUT2D eigenvalue weighted by atomic mass is 28.1. The van der Waals surface area contributed by atoms with Gasteiger partial charge in [-0.05, 0) is 32.0 Å². The van der Waals surface area contributed by atoms with Crippen LogP contribution in [0.15, 0.2) is 0 Å². The predicted molar refractivity (Wildman–Crippen MR) is 82.6 cm³/mol. The summed E-state index contributed by atoms with van der Waals surface area (Å²) in [6.45, 7) is 2.57. The first-order chi connectivity index (χ1) is 8.06. The van der Waals surface area contributed by atoms with Crippen LogP contribution < -0.4 is 5.32 Å². The van der Waals surface area contributed by atoms with Gasteiger partial charge in [0.15, 0.2) is 0 Å². The maximum atomic E-state index is 3.44. The molecular weight excluding hydrogens is 224 g/mol. The first kappa shape index (κ1) is 17.1. The van der Waals surface area contributed by atoms with Gasteiger partial charge < -0.3 is 9.80 Å². The molecule has 0 aromatic rings. The van der Waals surface area contributed by atoms with E-state index in [-0.39, 0.29) is 0 Å². The van der Waals surface area contributed by atoms with Crippen molar-refractivity contribution in [3.63, 3.8) is 0 Å². The summed E-state index contributed by atoms with van der Waals surface area (Å²) in [5.41, 5.74) is 0. The quantitative estimate of drug-likeness (QED) is 0.320. The van der Waals surface area contributed by atoms with Gasteiger partial charge in [-0.3, -0.25) is 0 Å². The molecule has 0 unspecified atom stereocenters. The third kappa shape index (κ3) is 16.1. The third-order valence-corrected chi connectivity index (χ3v) is 3.68. The van der Waals surface area contributed by atoms with Gasteiger partial charge in [0.25, 0.3) is 0 Å². The van der Waals surface area contributed by atoms with E-state index in [0.29, 0.717) is 0 Å². The van der Waals surface area contributed by atoms with Crippen molar-refractivity contribution in [3.05, 3.63) is 0 Å². The largest absolute Gasteiger partial charge is 0.331 e. The number of hydrogen-bond acceptors (Lipinski definition) is 1. The maximum absolute atomic E-state index is 3.44. The molecule has 0 spiro atoms. The Morgan fingerprint density at radius 1 is 0.765 bits per heavy atom. The zero-order valence-corrected chi connectivity index (χ0v) is 14.7. The van der Waals surface area contributed by atoms with E-state index in [4.69, 9.17) is 0 Å². The van der Waals surface area contributed by atoms with Crippen LogP contribution in [-0.4, -0.2) is 55.1 Å². The lowest BCUT2D eigenvalue weighted by atomic mass is 10.1. The van der Waals surface area contributed by atoms with E-state index in [2.05, 4.69) is 26.5 Å². The number of quaternary nitrogens is 1. The standard InChI is InChI=1S/C14H35N2Si/c1-16(2,3)13-11-9-7-5-4-6-8-10-12-15-14-17/h15H,4-14H2,1-3,17H3/q+1. The van der Waals surface area contributed by atoms with Crippen molar-refractivity contribution in [2.75, 3.05) is 40.4 Å². The highest BCUT2D eigenvalue weighted by Gasteiger charge is 2.04. The Bertz CT molecular complexity index is 155. The van der Waals surface area contributed by atoms with E-state index in [9.17, 15) is 0 Å². The normalized spacial score (nSPS) is 12.2. The minimum Gasteiger partial charge on any atom is -0.331 e. The lowest BCUT2D eigenvalue weighted by Crippen LogP contribution is -2.35. The highest BCUT2D eigenvalue weighted by molar-refractivity contribution is 6.08. The van der Waals surface area contributed by atoms with Gasteiger partial charge in [-0.2, -0.15) is 0 Å². The van der Waals surface area contributed by atoms with Crippen LogP contribution in [-0.2, 0) is 0 Å². The molecule has 0 radical (unpaired) electrons. The van der Waals surface area contributed by atoms with Crippen molar-refractivity contribution in [2.45, 2.75) is 51.4 Å². The number of hydrogen-bond donors (Lipinski definition) is 1. The zero-order chi connectivity index (χ0) is 13.0.